The third kappa shape index (κ3) is 8.00. The molecule has 2 aromatic carbocycles. The lowest BCUT2D eigenvalue weighted by molar-refractivity contribution is -0.384. The standard InChI is InChI=1S/C27H33NO5/c1-19(2)7-12-22-13-18-26(33-27(31-5)32-6)25(16-8-20(3)4)24(22)17-11-21-9-14-23(15-10-21)28(29)30/h7-11,13-15,17-18,27H,12,16H2,1-6H3. The molecule has 2 rings (SSSR count). The monoisotopic (exact) mass is 451 g/mol. The molecule has 0 amide bonds. The number of hydrogen-bond donors (Lipinski definition) is 0. The molecule has 0 fully saturated rings. The maximum absolute atomic E-state index is 11.0. The number of nitro benzene ring substituents is 1. The van der Waals surface area contributed by atoms with E-state index in [4.69, 9.17) is 14.2 Å². The van der Waals surface area contributed by atoms with Gasteiger partial charge in [-0.1, -0.05) is 41.5 Å². The predicted molar refractivity (Wildman–Crippen MR) is 133 cm³/mol. The number of nitro groups is 1. The van der Waals surface area contributed by atoms with Crippen molar-refractivity contribution in [1.82, 2.24) is 0 Å². The van der Waals surface area contributed by atoms with E-state index in [1.807, 2.05) is 18.2 Å². The van der Waals surface area contributed by atoms with Crippen LogP contribution in [0, 0.1) is 10.1 Å². The summed E-state index contributed by atoms with van der Waals surface area (Å²) in [4.78, 5) is 10.6. The van der Waals surface area contributed by atoms with E-state index in [9.17, 15) is 10.1 Å². The fraction of sp³-hybridized carbons (Fsp3) is 0.333. The van der Waals surface area contributed by atoms with Crippen molar-refractivity contribution in [2.24, 2.45) is 0 Å². The second-order valence-electron chi connectivity index (χ2n) is 8.15. The van der Waals surface area contributed by atoms with E-state index in [1.54, 1.807) is 12.1 Å². The number of allylic oxidation sites excluding steroid dienone is 4. The van der Waals surface area contributed by atoms with E-state index < -0.39 is 11.4 Å². The van der Waals surface area contributed by atoms with Crippen LogP contribution in [0.1, 0.15) is 49.9 Å². The Balaban J connectivity index is 2.59. The molecule has 176 valence electrons. The van der Waals surface area contributed by atoms with E-state index >= 15 is 0 Å². The lowest BCUT2D eigenvalue weighted by atomic mass is 9.93. The Hall–Kier alpha value is -3.22. The van der Waals surface area contributed by atoms with Crippen molar-refractivity contribution >= 4 is 17.8 Å². The number of hydrogen-bond acceptors (Lipinski definition) is 5. The Morgan fingerprint density at radius 2 is 1.52 bits per heavy atom. The van der Waals surface area contributed by atoms with Gasteiger partial charge >= 0.3 is 6.48 Å². The van der Waals surface area contributed by atoms with E-state index in [2.05, 4.69) is 45.9 Å². The number of ether oxygens (including phenoxy) is 3. The first-order valence-corrected chi connectivity index (χ1v) is 10.8. The van der Waals surface area contributed by atoms with Crippen LogP contribution in [-0.4, -0.2) is 25.6 Å². The van der Waals surface area contributed by atoms with Gasteiger partial charge in [-0.3, -0.25) is 10.1 Å². The van der Waals surface area contributed by atoms with Gasteiger partial charge in [0.25, 0.3) is 5.69 Å². The van der Waals surface area contributed by atoms with E-state index in [-0.39, 0.29) is 5.69 Å². The van der Waals surface area contributed by atoms with Gasteiger partial charge in [0.2, 0.25) is 0 Å². The molecule has 6 nitrogen and oxygen atoms in total. The molecule has 33 heavy (non-hydrogen) atoms. The van der Waals surface area contributed by atoms with Gasteiger partial charge in [0.05, 0.1) is 4.92 Å². The molecule has 0 unspecified atom stereocenters. The average molecular weight is 452 g/mol. The van der Waals surface area contributed by atoms with E-state index in [0.717, 1.165) is 28.7 Å². The molecule has 0 atom stereocenters. The van der Waals surface area contributed by atoms with Gasteiger partial charge in [-0.25, -0.2) is 0 Å². The highest BCUT2D eigenvalue weighted by Crippen LogP contribution is 2.31. The predicted octanol–water partition coefficient (Wildman–Crippen LogP) is 6.74. The summed E-state index contributed by atoms with van der Waals surface area (Å²) in [7, 11) is 3.06. The largest absolute Gasteiger partial charge is 0.441 e. The lowest BCUT2D eigenvalue weighted by Gasteiger charge is -2.20. The molecule has 0 N–H and O–H groups in total. The highest BCUT2D eigenvalue weighted by molar-refractivity contribution is 5.75. The van der Waals surface area contributed by atoms with Gasteiger partial charge in [-0.15, -0.1) is 0 Å². The summed E-state index contributed by atoms with van der Waals surface area (Å²) in [6.07, 6.45) is 9.82. The number of methoxy groups -OCH3 is 2. The number of non-ortho nitro benzene ring substituents is 1. The third-order valence-electron chi connectivity index (χ3n) is 5.00. The molecular formula is C27H33NO5. The van der Waals surface area contributed by atoms with Crippen LogP contribution in [0.4, 0.5) is 5.69 Å². The van der Waals surface area contributed by atoms with Gasteiger partial charge in [0, 0.05) is 31.9 Å². The number of nitrogens with zero attached hydrogens (tertiary/aromatic N) is 1. The summed E-state index contributed by atoms with van der Waals surface area (Å²) in [5.41, 5.74) is 6.62. The fourth-order valence-electron chi connectivity index (χ4n) is 3.20. The third-order valence-corrected chi connectivity index (χ3v) is 5.00. The normalized spacial score (nSPS) is 11.0. The zero-order valence-electron chi connectivity index (χ0n) is 20.3. The van der Waals surface area contributed by atoms with Crippen LogP contribution in [0.25, 0.3) is 12.2 Å². The Morgan fingerprint density at radius 3 is 2.06 bits per heavy atom. The van der Waals surface area contributed by atoms with Crippen LogP contribution in [0.2, 0.25) is 0 Å². The summed E-state index contributed by atoms with van der Waals surface area (Å²) < 4.78 is 16.5. The molecule has 0 bridgehead atoms. The van der Waals surface area contributed by atoms with Crippen LogP contribution < -0.4 is 4.74 Å². The van der Waals surface area contributed by atoms with Crippen molar-refractivity contribution in [3.8, 4) is 5.75 Å². The Labute approximate surface area is 196 Å². The summed E-state index contributed by atoms with van der Waals surface area (Å²) in [5, 5.41) is 11.0. The second kappa shape index (κ2) is 12.7. The first kappa shape index (κ1) is 26.0. The Morgan fingerprint density at radius 1 is 0.909 bits per heavy atom. The molecule has 6 heteroatoms. The van der Waals surface area contributed by atoms with Crippen molar-refractivity contribution in [2.75, 3.05) is 14.2 Å². The molecular weight excluding hydrogens is 418 g/mol. The highest BCUT2D eigenvalue weighted by Gasteiger charge is 2.16. The maximum atomic E-state index is 11.0. The van der Waals surface area contributed by atoms with E-state index in [1.165, 1.54) is 37.5 Å². The van der Waals surface area contributed by atoms with E-state index in [0.29, 0.717) is 12.2 Å². The quantitative estimate of drug-likeness (QED) is 0.124. The summed E-state index contributed by atoms with van der Waals surface area (Å²) >= 11 is 0. The molecule has 0 aromatic heterocycles. The Bertz CT molecular complexity index is 1020. The molecule has 2 aromatic rings. The first-order valence-electron chi connectivity index (χ1n) is 10.8. The van der Waals surface area contributed by atoms with Crippen molar-refractivity contribution in [2.45, 2.75) is 47.0 Å². The van der Waals surface area contributed by atoms with Crippen molar-refractivity contribution in [3.63, 3.8) is 0 Å². The zero-order chi connectivity index (χ0) is 24.4. The highest BCUT2D eigenvalue weighted by atomic mass is 16.8. The molecule has 0 saturated heterocycles. The Kier molecular flexibility index (Phi) is 10.0. The minimum Gasteiger partial charge on any atom is -0.441 e. The van der Waals surface area contributed by atoms with Crippen molar-refractivity contribution in [1.29, 1.82) is 0 Å². The van der Waals surface area contributed by atoms with Gasteiger partial charge < -0.3 is 14.2 Å². The van der Waals surface area contributed by atoms with Gasteiger partial charge in [0.1, 0.15) is 5.75 Å². The average Bonchev–Trinajstić information content (AvgIpc) is 2.79. The number of rotatable bonds is 11. The molecule has 0 spiro atoms. The molecule has 0 saturated carbocycles. The van der Waals surface area contributed by atoms with Gasteiger partial charge in [-0.05, 0) is 75.4 Å². The van der Waals surface area contributed by atoms with Crippen molar-refractivity contribution in [3.05, 3.63) is 92.1 Å². The minimum absolute atomic E-state index is 0.0706. The van der Waals surface area contributed by atoms with Gasteiger partial charge in [-0.2, -0.15) is 0 Å². The van der Waals surface area contributed by atoms with Crippen LogP contribution in [0.5, 0.6) is 5.75 Å². The van der Waals surface area contributed by atoms with Crippen LogP contribution in [0.3, 0.4) is 0 Å². The summed E-state index contributed by atoms with van der Waals surface area (Å²) in [6.45, 7) is 7.47. The molecule has 0 aliphatic rings. The molecule has 0 radical (unpaired) electrons. The molecule has 0 aliphatic heterocycles. The van der Waals surface area contributed by atoms with Crippen LogP contribution >= 0.6 is 0 Å². The lowest BCUT2D eigenvalue weighted by Crippen LogP contribution is -2.21. The first-order chi connectivity index (χ1) is 15.7. The number of benzene rings is 2. The molecule has 0 aliphatic carbocycles. The summed E-state index contributed by atoms with van der Waals surface area (Å²) in [5.74, 6) is 0.686. The molecule has 0 heterocycles. The van der Waals surface area contributed by atoms with Crippen LogP contribution in [0.15, 0.2) is 59.7 Å². The summed E-state index contributed by atoms with van der Waals surface area (Å²) in [6, 6.07) is 10.5. The SMILES string of the molecule is COC(OC)Oc1ccc(CC=C(C)C)c(C=Cc2ccc([N+](=O)[O-])cc2)c1CC=C(C)C. The van der Waals surface area contributed by atoms with Gasteiger partial charge in [0.15, 0.2) is 0 Å². The zero-order valence-corrected chi connectivity index (χ0v) is 20.3. The fourth-order valence-corrected chi connectivity index (χ4v) is 3.20. The van der Waals surface area contributed by atoms with Crippen molar-refractivity contribution < 1.29 is 19.1 Å². The maximum Gasteiger partial charge on any atom is 0.315 e. The topological polar surface area (TPSA) is 70.8 Å². The minimum atomic E-state index is -0.814. The van der Waals surface area contributed by atoms with Crippen LogP contribution in [-0.2, 0) is 22.3 Å². The smallest absolute Gasteiger partial charge is 0.315 e. The second-order valence-corrected chi connectivity index (χ2v) is 8.15.